The molecule has 0 saturated heterocycles. The van der Waals surface area contributed by atoms with Crippen molar-refractivity contribution in [2.75, 3.05) is 14.2 Å². The van der Waals surface area contributed by atoms with Crippen LogP contribution in [0.4, 0.5) is 0 Å². The number of fused-ring (bicyclic) bond motifs is 2. The zero-order chi connectivity index (χ0) is 15.8. The number of hydrogen-bond donors (Lipinski definition) is 0. The summed E-state index contributed by atoms with van der Waals surface area (Å²) in [7, 11) is 3.29. The van der Waals surface area contributed by atoms with Crippen molar-refractivity contribution in [1.29, 1.82) is 0 Å². The van der Waals surface area contributed by atoms with E-state index in [0.717, 1.165) is 22.3 Å². The fourth-order valence-electron chi connectivity index (χ4n) is 2.65. The van der Waals surface area contributed by atoms with Crippen molar-refractivity contribution in [1.82, 2.24) is 4.98 Å². The molecule has 2 aromatic carbocycles. The van der Waals surface area contributed by atoms with Gasteiger partial charge in [0.2, 0.25) is 0 Å². The zero-order valence-corrected chi connectivity index (χ0v) is 13.7. The fourth-order valence-corrected chi connectivity index (χ4v) is 3.62. The molecule has 3 nitrogen and oxygen atoms in total. The van der Waals surface area contributed by atoms with Gasteiger partial charge in [-0.25, -0.2) is 4.98 Å². The Morgan fingerprint density at radius 1 is 0.957 bits per heavy atom. The first-order chi connectivity index (χ1) is 11.3. The SMILES string of the molecule is COc1cc2cc3c(nc2cc1OC)/C(=C/c1ccccc1)S3. The lowest BCUT2D eigenvalue weighted by Crippen LogP contribution is -2.01. The second kappa shape index (κ2) is 5.63. The molecule has 0 saturated carbocycles. The number of hydrogen-bond acceptors (Lipinski definition) is 4. The predicted molar refractivity (Wildman–Crippen MR) is 95.0 cm³/mol. The van der Waals surface area contributed by atoms with Crippen molar-refractivity contribution in [2.24, 2.45) is 0 Å². The van der Waals surface area contributed by atoms with Gasteiger partial charge in [-0.3, -0.25) is 0 Å². The first-order valence-corrected chi connectivity index (χ1v) is 8.12. The smallest absolute Gasteiger partial charge is 0.162 e. The van der Waals surface area contributed by atoms with E-state index < -0.39 is 0 Å². The molecule has 0 aliphatic carbocycles. The highest BCUT2D eigenvalue weighted by atomic mass is 32.2. The molecule has 0 radical (unpaired) electrons. The maximum absolute atomic E-state index is 5.37. The first-order valence-electron chi connectivity index (χ1n) is 7.30. The quantitative estimate of drug-likeness (QED) is 0.689. The lowest BCUT2D eigenvalue weighted by molar-refractivity contribution is 0.356. The summed E-state index contributed by atoms with van der Waals surface area (Å²) in [6.45, 7) is 0. The van der Waals surface area contributed by atoms with Crippen molar-refractivity contribution in [2.45, 2.75) is 4.90 Å². The summed E-state index contributed by atoms with van der Waals surface area (Å²) >= 11 is 1.76. The minimum atomic E-state index is 0.702. The van der Waals surface area contributed by atoms with Crippen molar-refractivity contribution < 1.29 is 9.47 Å². The molecule has 0 fully saturated rings. The summed E-state index contributed by atoms with van der Waals surface area (Å²) < 4.78 is 10.7. The van der Waals surface area contributed by atoms with Crippen LogP contribution in [0.2, 0.25) is 0 Å². The van der Waals surface area contributed by atoms with E-state index in [2.05, 4.69) is 24.3 Å². The van der Waals surface area contributed by atoms with Crippen LogP contribution in [0, 0.1) is 0 Å². The zero-order valence-electron chi connectivity index (χ0n) is 12.9. The molecule has 4 rings (SSSR count). The molecule has 2 heterocycles. The number of thioether (sulfide) groups is 1. The summed E-state index contributed by atoms with van der Waals surface area (Å²) in [5.41, 5.74) is 3.16. The van der Waals surface area contributed by atoms with E-state index >= 15 is 0 Å². The van der Waals surface area contributed by atoms with Crippen LogP contribution in [0.15, 0.2) is 53.4 Å². The van der Waals surface area contributed by atoms with Crippen LogP contribution < -0.4 is 9.47 Å². The van der Waals surface area contributed by atoms with Gasteiger partial charge in [0.15, 0.2) is 11.5 Å². The van der Waals surface area contributed by atoms with Crippen molar-refractivity contribution in [3.05, 3.63) is 59.8 Å². The van der Waals surface area contributed by atoms with E-state index in [0.29, 0.717) is 5.75 Å². The Hall–Kier alpha value is -2.46. The largest absolute Gasteiger partial charge is 0.493 e. The molecule has 114 valence electrons. The number of pyridine rings is 1. The molecule has 1 aliphatic rings. The van der Waals surface area contributed by atoms with Crippen molar-refractivity contribution >= 4 is 33.6 Å². The molecule has 1 aliphatic heterocycles. The van der Waals surface area contributed by atoms with Gasteiger partial charge >= 0.3 is 0 Å². The van der Waals surface area contributed by atoms with Gasteiger partial charge in [-0.15, -0.1) is 0 Å². The van der Waals surface area contributed by atoms with Crippen LogP contribution >= 0.6 is 11.8 Å². The fraction of sp³-hybridized carbons (Fsp3) is 0.105. The Kier molecular flexibility index (Phi) is 3.46. The highest BCUT2D eigenvalue weighted by Gasteiger charge is 2.24. The maximum Gasteiger partial charge on any atom is 0.162 e. The maximum atomic E-state index is 5.37. The third-order valence-corrected chi connectivity index (χ3v) is 4.90. The average molecular weight is 321 g/mol. The minimum absolute atomic E-state index is 0.702. The Balaban J connectivity index is 1.79. The number of ether oxygens (including phenoxy) is 2. The highest BCUT2D eigenvalue weighted by molar-refractivity contribution is 8.10. The van der Waals surface area contributed by atoms with Crippen LogP contribution in [0.3, 0.4) is 0 Å². The van der Waals surface area contributed by atoms with Crippen molar-refractivity contribution in [3.63, 3.8) is 0 Å². The first kappa shape index (κ1) is 14.2. The Bertz CT molecular complexity index is 920. The highest BCUT2D eigenvalue weighted by Crippen LogP contribution is 2.50. The lowest BCUT2D eigenvalue weighted by Gasteiger charge is -2.22. The summed E-state index contributed by atoms with van der Waals surface area (Å²) in [5, 5.41) is 1.06. The van der Waals surface area contributed by atoms with Gasteiger partial charge < -0.3 is 9.47 Å². The number of aromatic nitrogens is 1. The van der Waals surface area contributed by atoms with Gasteiger partial charge in [0.25, 0.3) is 0 Å². The molecule has 0 bridgehead atoms. The van der Waals surface area contributed by atoms with Crippen LogP contribution in [0.5, 0.6) is 11.5 Å². The average Bonchev–Trinajstić information content (AvgIpc) is 2.59. The molecular weight excluding hydrogens is 306 g/mol. The molecule has 1 aromatic heterocycles. The van der Waals surface area contributed by atoms with E-state index in [1.54, 1.807) is 26.0 Å². The van der Waals surface area contributed by atoms with E-state index in [1.165, 1.54) is 15.4 Å². The van der Waals surface area contributed by atoms with Crippen LogP contribution in [0.25, 0.3) is 21.9 Å². The van der Waals surface area contributed by atoms with Gasteiger partial charge in [-0.05, 0) is 23.8 Å². The number of benzene rings is 2. The van der Waals surface area contributed by atoms with Gasteiger partial charge in [-0.2, -0.15) is 0 Å². The molecule has 23 heavy (non-hydrogen) atoms. The topological polar surface area (TPSA) is 31.4 Å². The second-order valence-electron chi connectivity index (χ2n) is 5.26. The number of rotatable bonds is 3. The summed E-state index contributed by atoms with van der Waals surface area (Å²) in [4.78, 5) is 7.20. The van der Waals surface area contributed by atoms with E-state index in [9.17, 15) is 0 Å². The van der Waals surface area contributed by atoms with E-state index in [1.807, 2.05) is 30.3 Å². The predicted octanol–water partition coefficient (Wildman–Crippen LogP) is 4.86. The van der Waals surface area contributed by atoms with Crippen LogP contribution in [0.1, 0.15) is 11.3 Å². The monoisotopic (exact) mass is 321 g/mol. The van der Waals surface area contributed by atoms with Crippen molar-refractivity contribution in [3.8, 4) is 11.5 Å². The van der Waals surface area contributed by atoms with E-state index in [-0.39, 0.29) is 0 Å². The molecule has 0 amide bonds. The van der Waals surface area contributed by atoms with Gasteiger partial charge in [0.1, 0.15) is 0 Å². The normalized spacial score (nSPS) is 14.4. The molecule has 4 heteroatoms. The Morgan fingerprint density at radius 2 is 1.70 bits per heavy atom. The third-order valence-electron chi connectivity index (χ3n) is 3.84. The number of nitrogens with zero attached hydrogens (tertiary/aromatic N) is 1. The minimum Gasteiger partial charge on any atom is -0.493 e. The number of methoxy groups -OCH3 is 2. The van der Waals surface area contributed by atoms with Gasteiger partial charge in [0.05, 0.1) is 25.4 Å². The summed E-state index contributed by atoms with van der Waals surface area (Å²) in [6.07, 6.45) is 2.17. The van der Waals surface area contributed by atoms with Gasteiger partial charge in [0, 0.05) is 21.3 Å². The second-order valence-corrected chi connectivity index (χ2v) is 6.34. The van der Waals surface area contributed by atoms with E-state index in [4.69, 9.17) is 14.5 Å². The van der Waals surface area contributed by atoms with Crippen LogP contribution in [-0.2, 0) is 0 Å². The molecule has 0 atom stereocenters. The summed E-state index contributed by atoms with van der Waals surface area (Å²) in [6, 6.07) is 16.4. The lowest BCUT2D eigenvalue weighted by atomic mass is 10.1. The molecular formula is C19H15NO2S. The third kappa shape index (κ3) is 2.45. The van der Waals surface area contributed by atoms with Crippen LogP contribution in [-0.4, -0.2) is 19.2 Å². The molecule has 0 N–H and O–H groups in total. The molecule has 0 unspecified atom stereocenters. The molecule has 3 aromatic rings. The summed E-state index contributed by atoms with van der Waals surface area (Å²) in [5.74, 6) is 1.43. The standard InChI is InChI=1S/C19H15NO2S/c1-21-15-9-13-10-18-19(20-14(13)11-16(15)22-2)17(23-18)8-12-6-4-3-5-7-12/h3-11H,1-2H3/b17-8-. The molecule has 0 spiro atoms. The Morgan fingerprint density at radius 3 is 2.43 bits per heavy atom. The van der Waals surface area contributed by atoms with Gasteiger partial charge in [-0.1, -0.05) is 42.1 Å². The Labute approximate surface area is 139 Å².